The minimum atomic E-state index is -0.676. The zero-order valence-corrected chi connectivity index (χ0v) is 10.2. The third kappa shape index (κ3) is 3.75. The van der Waals surface area contributed by atoms with Crippen LogP contribution in [0.5, 0.6) is 5.75 Å². The topological polar surface area (TPSA) is 101 Å². The predicted molar refractivity (Wildman–Crippen MR) is 70.4 cm³/mol. The second-order valence-electron chi connectivity index (χ2n) is 4.09. The van der Waals surface area contributed by atoms with Crippen LogP contribution in [-0.2, 0) is 11.2 Å². The van der Waals surface area contributed by atoms with Gasteiger partial charge in [0.05, 0.1) is 24.1 Å². The number of anilines is 1. The first-order valence-corrected chi connectivity index (χ1v) is 5.74. The molecule has 1 amide bonds. The van der Waals surface area contributed by atoms with E-state index in [1.165, 1.54) is 18.7 Å². The van der Waals surface area contributed by atoms with Crippen molar-refractivity contribution in [1.82, 2.24) is 9.97 Å². The largest absolute Gasteiger partial charge is 0.508 e. The summed E-state index contributed by atoms with van der Waals surface area (Å²) in [7, 11) is 0. The molecule has 98 valence electrons. The van der Waals surface area contributed by atoms with Gasteiger partial charge < -0.3 is 16.2 Å². The monoisotopic (exact) mass is 258 g/mol. The smallest absolute Gasteiger partial charge is 0.241 e. The van der Waals surface area contributed by atoms with Gasteiger partial charge >= 0.3 is 0 Å². The Bertz CT molecular complexity index is 542. The Morgan fingerprint density at radius 3 is 2.53 bits per heavy atom. The van der Waals surface area contributed by atoms with Gasteiger partial charge in [-0.2, -0.15) is 0 Å². The standard InChI is InChI=1S/C13H14N4O2/c14-12(5-9-1-3-11(18)4-2-9)13(19)17-10-6-15-8-16-7-10/h1-4,6-8,12,18H,5,14H2,(H,17,19)/t12-/m1/s1. The molecule has 1 heterocycles. The molecule has 1 atom stereocenters. The van der Waals surface area contributed by atoms with E-state index >= 15 is 0 Å². The van der Waals surface area contributed by atoms with Crippen molar-refractivity contribution in [3.63, 3.8) is 0 Å². The molecule has 0 radical (unpaired) electrons. The predicted octanol–water partition coefficient (Wildman–Crippen LogP) is 0.691. The van der Waals surface area contributed by atoms with Gasteiger partial charge in [0.1, 0.15) is 12.1 Å². The maximum Gasteiger partial charge on any atom is 0.241 e. The third-order valence-electron chi connectivity index (χ3n) is 2.56. The molecule has 1 aromatic carbocycles. The summed E-state index contributed by atoms with van der Waals surface area (Å²) >= 11 is 0. The van der Waals surface area contributed by atoms with E-state index < -0.39 is 6.04 Å². The van der Waals surface area contributed by atoms with E-state index in [4.69, 9.17) is 5.73 Å². The summed E-state index contributed by atoms with van der Waals surface area (Å²) in [6.07, 6.45) is 4.77. The quantitative estimate of drug-likeness (QED) is 0.749. The molecule has 0 fully saturated rings. The Kier molecular flexibility index (Phi) is 4.04. The Morgan fingerprint density at radius 1 is 1.26 bits per heavy atom. The molecule has 2 aromatic rings. The fraction of sp³-hybridized carbons (Fsp3) is 0.154. The molecule has 0 bridgehead atoms. The van der Waals surface area contributed by atoms with Crippen LogP contribution >= 0.6 is 0 Å². The number of aromatic hydroxyl groups is 1. The first-order valence-electron chi connectivity index (χ1n) is 5.74. The highest BCUT2D eigenvalue weighted by molar-refractivity contribution is 5.94. The van der Waals surface area contributed by atoms with Gasteiger partial charge in [0.2, 0.25) is 5.91 Å². The van der Waals surface area contributed by atoms with E-state index in [2.05, 4.69) is 15.3 Å². The molecule has 0 unspecified atom stereocenters. The summed E-state index contributed by atoms with van der Waals surface area (Å²) in [5.74, 6) is -0.119. The van der Waals surface area contributed by atoms with Crippen molar-refractivity contribution >= 4 is 11.6 Å². The van der Waals surface area contributed by atoms with E-state index in [0.717, 1.165) is 5.56 Å². The lowest BCUT2D eigenvalue weighted by Crippen LogP contribution is -2.37. The van der Waals surface area contributed by atoms with E-state index in [-0.39, 0.29) is 11.7 Å². The highest BCUT2D eigenvalue weighted by Crippen LogP contribution is 2.11. The lowest BCUT2D eigenvalue weighted by atomic mass is 10.1. The second-order valence-corrected chi connectivity index (χ2v) is 4.09. The van der Waals surface area contributed by atoms with Crippen molar-refractivity contribution in [2.24, 2.45) is 5.73 Å². The van der Waals surface area contributed by atoms with E-state index in [1.54, 1.807) is 24.3 Å². The molecule has 0 saturated heterocycles. The van der Waals surface area contributed by atoms with Crippen LogP contribution in [0.25, 0.3) is 0 Å². The van der Waals surface area contributed by atoms with E-state index in [9.17, 15) is 9.90 Å². The summed E-state index contributed by atoms with van der Waals surface area (Å²) in [6, 6.07) is 5.91. The van der Waals surface area contributed by atoms with Crippen molar-refractivity contribution in [3.8, 4) is 5.75 Å². The van der Waals surface area contributed by atoms with E-state index in [0.29, 0.717) is 12.1 Å². The van der Waals surface area contributed by atoms with Crippen molar-refractivity contribution in [1.29, 1.82) is 0 Å². The van der Waals surface area contributed by atoms with Crippen LogP contribution in [-0.4, -0.2) is 27.0 Å². The minimum Gasteiger partial charge on any atom is -0.508 e. The Morgan fingerprint density at radius 2 is 1.89 bits per heavy atom. The SMILES string of the molecule is N[C@H](Cc1ccc(O)cc1)C(=O)Nc1cncnc1. The van der Waals surface area contributed by atoms with Gasteiger partial charge in [0.25, 0.3) is 0 Å². The van der Waals surface area contributed by atoms with Crippen LogP contribution in [0.3, 0.4) is 0 Å². The zero-order chi connectivity index (χ0) is 13.7. The number of hydrogen-bond donors (Lipinski definition) is 3. The van der Waals surface area contributed by atoms with Crippen LogP contribution < -0.4 is 11.1 Å². The van der Waals surface area contributed by atoms with Crippen LogP contribution in [0.15, 0.2) is 43.0 Å². The summed E-state index contributed by atoms with van der Waals surface area (Å²) < 4.78 is 0. The van der Waals surface area contributed by atoms with Crippen molar-refractivity contribution in [2.45, 2.75) is 12.5 Å². The molecule has 0 aliphatic carbocycles. The van der Waals surface area contributed by atoms with Crippen molar-refractivity contribution in [2.75, 3.05) is 5.32 Å². The first kappa shape index (κ1) is 13.0. The number of carbonyl (C=O) groups excluding carboxylic acids is 1. The number of hydrogen-bond acceptors (Lipinski definition) is 5. The number of nitrogens with two attached hydrogens (primary N) is 1. The molecule has 0 aliphatic heterocycles. The molecule has 4 N–H and O–H groups in total. The number of phenols is 1. The number of nitrogens with one attached hydrogen (secondary N) is 1. The highest BCUT2D eigenvalue weighted by atomic mass is 16.3. The number of rotatable bonds is 4. The molecule has 6 nitrogen and oxygen atoms in total. The highest BCUT2D eigenvalue weighted by Gasteiger charge is 2.14. The number of phenolic OH excluding ortho intramolecular Hbond substituents is 1. The maximum absolute atomic E-state index is 11.8. The van der Waals surface area contributed by atoms with Gasteiger partial charge in [-0.05, 0) is 24.1 Å². The number of amides is 1. The third-order valence-corrected chi connectivity index (χ3v) is 2.56. The summed E-state index contributed by atoms with van der Waals surface area (Å²) in [6.45, 7) is 0. The van der Waals surface area contributed by atoms with Crippen LogP contribution in [0, 0.1) is 0 Å². The van der Waals surface area contributed by atoms with Crippen LogP contribution in [0.4, 0.5) is 5.69 Å². The molecule has 1 aromatic heterocycles. The Hall–Kier alpha value is -2.47. The average Bonchev–Trinajstić information content (AvgIpc) is 2.42. The average molecular weight is 258 g/mol. The van der Waals surface area contributed by atoms with Crippen LogP contribution in [0.2, 0.25) is 0 Å². The molecule has 19 heavy (non-hydrogen) atoms. The molecule has 0 aliphatic rings. The fourth-order valence-corrected chi connectivity index (χ4v) is 1.58. The van der Waals surface area contributed by atoms with Crippen LogP contribution in [0.1, 0.15) is 5.56 Å². The number of nitrogens with zero attached hydrogens (tertiary/aromatic N) is 2. The normalized spacial score (nSPS) is 11.8. The molecule has 2 rings (SSSR count). The van der Waals surface area contributed by atoms with Gasteiger partial charge in [0, 0.05) is 0 Å². The number of aromatic nitrogens is 2. The molecule has 6 heteroatoms. The van der Waals surface area contributed by atoms with Gasteiger partial charge in [0.15, 0.2) is 0 Å². The molecular weight excluding hydrogens is 244 g/mol. The number of carbonyl (C=O) groups is 1. The summed E-state index contributed by atoms with van der Waals surface area (Å²) in [4.78, 5) is 19.4. The summed E-state index contributed by atoms with van der Waals surface area (Å²) in [5.41, 5.74) is 7.21. The van der Waals surface area contributed by atoms with Crippen molar-refractivity contribution in [3.05, 3.63) is 48.5 Å². The van der Waals surface area contributed by atoms with Gasteiger partial charge in [-0.3, -0.25) is 4.79 Å². The lowest BCUT2D eigenvalue weighted by molar-refractivity contribution is -0.117. The fourth-order valence-electron chi connectivity index (χ4n) is 1.58. The maximum atomic E-state index is 11.8. The zero-order valence-electron chi connectivity index (χ0n) is 10.2. The Balaban J connectivity index is 1.94. The van der Waals surface area contributed by atoms with Crippen molar-refractivity contribution < 1.29 is 9.90 Å². The van der Waals surface area contributed by atoms with Gasteiger partial charge in [-0.25, -0.2) is 9.97 Å². The lowest BCUT2D eigenvalue weighted by Gasteiger charge is -2.11. The minimum absolute atomic E-state index is 0.184. The van der Waals surface area contributed by atoms with E-state index in [1.807, 2.05) is 0 Å². The Labute approximate surface area is 110 Å². The number of benzene rings is 1. The molecular formula is C13H14N4O2. The summed E-state index contributed by atoms with van der Waals surface area (Å²) in [5, 5.41) is 11.8. The molecule has 0 spiro atoms. The van der Waals surface area contributed by atoms with Gasteiger partial charge in [-0.1, -0.05) is 12.1 Å². The second kappa shape index (κ2) is 5.92. The first-order chi connectivity index (χ1) is 9.15. The van der Waals surface area contributed by atoms with Gasteiger partial charge in [-0.15, -0.1) is 0 Å². The molecule has 0 saturated carbocycles.